The number of aryl methyl sites for hydroxylation is 1. The van der Waals surface area contributed by atoms with Crippen molar-refractivity contribution in [1.82, 2.24) is 0 Å². The highest BCUT2D eigenvalue weighted by Gasteiger charge is 2.53. The maximum atomic E-state index is 14.7. The fourth-order valence-corrected chi connectivity index (χ4v) is 2.79. The fourth-order valence-electron chi connectivity index (χ4n) is 2.79. The molecule has 1 aliphatic heterocycles. The summed E-state index contributed by atoms with van der Waals surface area (Å²) in [6.45, 7) is 9.73. The molecule has 0 atom stereocenters. The van der Waals surface area contributed by atoms with Crippen LogP contribution in [0.3, 0.4) is 0 Å². The number of rotatable bonds is 2. The standard InChI is InChI=1S/C19H22BFO2/c1-13-8-6-11-16-14(9-7-10-15(13)16)12-17(21)20-22-18(2,3)19(4,5)23-20/h6-12H,1-5H3. The van der Waals surface area contributed by atoms with Gasteiger partial charge in [0.05, 0.1) is 11.2 Å². The molecule has 4 heteroatoms. The molecule has 1 heterocycles. The summed E-state index contributed by atoms with van der Waals surface area (Å²) in [5.41, 5.74) is 0.515. The van der Waals surface area contributed by atoms with Crippen molar-refractivity contribution in [3.8, 4) is 0 Å². The molecular weight excluding hydrogens is 290 g/mol. The van der Waals surface area contributed by atoms with E-state index in [1.165, 1.54) is 11.6 Å². The minimum Gasteiger partial charge on any atom is -0.398 e. The van der Waals surface area contributed by atoms with Crippen LogP contribution in [0.1, 0.15) is 38.8 Å². The smallest absolute Gasteiger partial charge is 0.398 e. The lowest BCUT2D eigenvalue weighted by Gasteiger charge is -2.32. The summed E-state index contributed by atoms with van der Waals surface area (Å²) in [4.78, 5) is 0. The van der Waals surface area contributed by atoms with Crippen molar-refractivity contribution in [3.63, 3.8) is 0 Å². The summed E-state index contributed by atoms with van der Waals surface area (Å²) in [7, 11) is -0.958. The first kappa shape index (κ1) is 16.2. The van der Waals surface area contributed by atoms with Gasteiger partial charge in [-0.25, -0.2) is 4.39 Å². The Bertz CT molecular complexity index is 764. The van der Waals surface area contributed by atoms with Crippen LogP contribution >= 0.6 is 0 Å². The lowest BCUT2D eigenvalue weighted by molar-refractivity contribution is 0.00578. The molecule has 0 unspecified atom stereocenters. The first-order valence-electron chi connectivity index (χ1n) is 7.92. The van der Waals surface area contributed by atoms with Crippen molar-refractivity contribution in [2.45, 2.75) is 45.8 Å². The topological polar surface area (TPSA) is 18.5 Å². The average Bonchev–Trinajstić information content (AvgIpc) is 2.69. The molecule has 0 aromatic heterocycles. The zero-order chi connectivity index (χ0) is 16.8. The molecule has 0 amide bonds. The van der Waals surface area contributed by atoms with Gasteiger partial charge < -0.3 is 9.31 Å². The van der Waals surface area contributed by atoms with Gasteiger partial charge in [-0.05, 0) is 62.6 Å². The molecular formula is C19H22BFO2. The van der Waals surface area contributed by atoms with Gasteiger partial charge in [0.15, 0.2) is 0 Å². The van der Waals surface area contributed by atoms with E-state index in [1.54, 1.807) is 0 Å². The molecule has 2 aromatic rings. The molecule has 1 saturated heterocycles. The highest BCUT2D eigenvalue weighted by atomic mass is 19.1. The van der Waals surface area contributed by atoms with Crippen molar-refractivity contribution < 1.29 is 13.7 Å². The molecule has 0 radical (unpaired) electrons. The molecule has 120 valence electrons. The molecule has 3 rings (SSSR count). The van der Waals surface area contributed by atoms with Crippen molar-refractivity contribution >= 4 is 24.0 Å². The molecule has 2 aromatic carbocycles. The van der Waals surface area contributed by atoms with Crippen molar-refractivity contribution in [3.05, 3.63) is 53.3 Å². The third-order valence-corrected chi connectivity index (χ3v) is 4.95. The Labute approximate surface area is 137 Å². The second-order valence-electron chi connectivity index (χ2n) is 7.13. The Kier molecular flexibility index (Phi) is 3.85. The third-order valence-electron chi connectivity index (χ3n) is 4.95. The van der Waals surface area contributed by atoms with E-state index in [9.17, 15) is 4.39 Å². The highest BCUT2D eigenvalue weighted by Crippen LogP contribution is 2.39. The minimum absolute atomic E-state index is 0.405. The molecule has 23 heavy (non-hydrogen) atoms. The quantitative estimate of drug-likeness (QED) is 0.719. The first-order valence-corrected chi connectivity index (χ1v) is 7.92. The first-order chi connectivity index (χ1) is 10.7. The molecule has 0 aliphatic carbocycles. The van der Waals surface area contributed by atoms with Crippen LogP contribution in [-0.2, 0) is 9.31 Å². The molecule has 2 nitrogen and oxygen atoms in total. The van der Waals surface area contributed by atoms with E-state index in [0.717, 1.165) is 16.3 Å². The van der Waals surface area contributed by atoms with Crippen LogP contribution in [0.4, 0.5) is 4.39 Å². The zero-order valence-corrected chi connectivity index (χ0v) is 14.3. The van der Waals surface area contributed by atoms with Crippen LogP contribution in [0.2, 0.25) is 0 Å². The Morgan fingerprint density at radius 2 is 1.52 bits per heavy atom. The van der Waals surface area contributed by atoms with E-state index >= 15 is 0 Å². The van der Waals surface area contributed by atoms with E-state index in [1.807, 2.05) is 52.0 Å². The summed E-state index contributed by atoms with van der Waals surface area (Å²) >= 11 is 0. The largest absolute Gasteiger partial charge is 0.525 e. The van der Waals surface area contributed by atoms with Gasteiger partial charge in [-0.3, -0.25) is 0 Å². The predicted molar refractivity (Wildman–Crippen MR) is 93.9 cm³/mol. The monoisotopic (exact) mass is 312 g/mol. The predicted octanol–water partition coefficient (Wildman–Crippen LogP) is 5.09. The Morgan fingerprint density at radius 3 is 2.17 bits per heavy atom. The van der Waals surface area contributed by atoms with Gasteiger partial charge in [-0.1, -0.05) is 36.4 Å². The average molecular weight is 312 g/mol. The molecule has 0 bridgehead atoms. The molecule has 0 N–H and O–H groups in total. The van der Waals surface area contributed by atoms with Gasteiger partial charge in [0.25, 0.3) is 0 Å². The summed E-state index contributed by atoms with van der Waals surface area (Å²) in [6.07, 6.45) is 1.52. The van der Waals surface area contributed by atoms with Crippen LogP contribution < -0.4 is 0 Å². The maximum absolute atomic E-state index is 14.7. The molecule has 0 spiro atoms. The van der Waals surface area contributed by atoms with Crippen molar-refractivity contribution in [2.75, 3.05) is 0 Å². The van der Waals surface area contributed by atoms with Crippen LogP contribution in [0, 0.1) is 6.92 Å². The molecule has 1 fully saturated rings. The number of fused-ring (bicyclic) bond motifs is 1. The van der Waals surface area contributed by atoms with Gasteiger partial charge in [0, 0.05) is 0 Å². The van der Waals surface area contributed by atoms with Crippen LogP contribution in [0.15, 0.2) is 42.1 Å². The normalized spacial score (nSPS) is 20.3. The zero-order valence-electron chi connectivity index (χ0n) is 14.3. The Balaban J connectivity index is 1.98. The van der Waals surface area contributed by atoms with Crippen molar-refractivity contribution in [1.29, 1.82) is 0 Å². The minimum atomic E-state index is -0.958. The maximum Gasteiger partial charge on any atom is 0.525 e. The molecule has 0 saturated carbocycles. The van der Waals surface area contributed by atoms with Crippen LogP contribution in [0.5, 0.6) is 0 Å². The van der Waals surface area contributed by atoms with E-state index in [-0.39, 0.29) is 0 Å². The van der Waals surface area contributed by atoms with E-state index in [4.69, 9.17) is 9.31 Å². The third kappa shape index (κ3) is 2.82. The Hall–Kier alpha value is -1.65. The van der Waals surface area contributed by atoms with Gasteiger partial charge in [0.1, 0.15) is 5.73 Å². The summed E-state index contributed by atoms with van der Waals surface area (Å²) in [5, 5.41) is 2.15. The van der Waals surface area contributed by atoms with Crippen LogP contribution in [-0.4, -0.2) is 18.3 Å². The molecule has 1 aliphatic rings. The number of benzene rings is 2. The Morgan fingerprint density at radius 1 is 0.957 bits per heavy atom. The lowest BCUT2D eigenvalue weighted by Crippen LogP contribution is -2.41. The second-order valence-corrected chi connectivity index (χ2v) is 7.13. The highest BCUT2D eigenvalue weighted by molar-refractivity contribution is 6.54. The van der Waals surface area contributed by atoms with Gasteiger partial charge >= 0.3 is 7.12 Å². The summed E-state index contributed by atoms with van der Waals surface area (Å²) in [5.74, 6) is 0. The number of hydrogen-bond donors (Lipinski definition) is 0. The van der Waals surface area contributed by atoms with E-state index < -0.39 is 24.0 Å². The number of halogens is 1. The SMILES string of the molecule is Cc1cccc2c(C=C(F)B3OC(C)(C)C(C)(C)O3)cccc12. The summed E-state index contributed by atoms with van der Waals surface area (Å²) < 4.78 is 26.3. The van der Waals surface area contributed by atoms with Gasteiger partial charge in [-0.2, -0.15) is 0 Å². The van der Waals surface area contributed by atoms with E-state index in [0.29, 0.717) is 0 Å². The fraction of sp³-hybridized carbons (Fsp3) is 0.368. The summed E-state index contributed by atoms with van der Waals surface area (Å²) in [6, 6.07) is 12.0. The van der Waals surface area contributed by atoms with Crippen molar-refractivity contribution in [2.24, 2.45) is 0 Å². The second kappa shape index (κ2) is 5.46. The lowest BCUT2D eigenvalue weighted by atomic mass is 9.86. The van der Waals surface area contributed by atoms with Crippen LogP contribution in [0.25, 0.3) is 16.8 Å². The van der Waals surface area contributed by atoms with Gasteiger partial charge in [-0.15, -0.1) is 0 Å². The van der Waals surface area contributed by atoms with Gasteiger partial charge in [0.2, 0.25) is 0 Å². The number of hydrogen-bond acceptors (Lipinski definition) is 2. The van der Waals surface area contributed by atoms with E-state index in [2.05, 4.69) is 19.1 Å².